The lowest BCUT2D eigenvalue weighted by Crippen LogP contribution is -2.24. The van der Waals surface area contributed by atoms with Gasteiger partial charge >= 0.3 is 0 Å². The number of hydrogen-bond donors (Lipinski definition) is 0. The molecule has 0 aromatic heterocycles. The number of carbonyl (C=O) groups excluding carboxylic acids is 2. The third-order valence-electron chi connectivity index (χ3n) is 3.67. The number of nitrogens with zero attached hydrogens (tertiary/aromatic N) is 1. The van der Waals surface area contributed by atoms with Crippen LogP contribution < -0.4 is 0 Å². The number of imide groups is 1. The van der Waals surface area contributed by atoms with E-state index in [2.05, 4.69) is 0 Å². The van der Waals surface area contributed by atoms with Crippen LogP contribution in [0.2, 0.25) is 0 Å². The average Bonchev–Trinajstić information content (AvgIpc) is 2.71. The summed E-state index contributed by atoms with van der Waals surface area (Å²) in [6.07, 6.45) is 5.44. The van der Waals surface area contributed by atoms with E-state index in [0.29, 0.717) is 18.6 Å². The second kappa shape index (κ2) is 5.21. The molecule has 1 heterocycles. The van der Waals surface area contributed by atoms with Gasteiger partial charge in [-0.1, -0.05) is 42.5 Å². The van der Waals surface area contributed by atoms with Gasteiger partial charge in [0.2, 0.25) is 11.8 Å². The predicted octanol–water partition coefficient (Wildman–Crippen LogP) is 2.79. The van der Waals surface area contributed by atoms with Crippen LogP contribution in [0.1, 0.15) is 18.4 Å². The number of fused-ring (bicyclic) bond motifs is 1. The third-order valence-corrected chi connectivity index (χ3v) is 4.75. The molecule has 1 fully saturated rings. The van der Waals surface area contributed by atoms with E-state index >= 15 is 0 Å². The molecule has 0 radical (unpaired) electrons. The van der Waals surface area contributed by atoms with Crippen molar-refractivity contribution in [2.24, 2.45) is 11.8 Å². The van der Waals surface area contributed by atoms with Crippen molar-refractivity contribution in [3.63, 3.8) is 0 Å². The minimum absolute atomic E-state index is 0.0136. The Hall–Kier alpha value is -1.55. The van der Waals surface area contributed by atoms with E-state index in [1.54, 1.807) is 0 Å². The second-order valence-electron chi connectivity index (χ2n) is 4.89. The second-order valence-corrected chi connectivity index (χ2v) is 5.80. The van der Waals surface area contributed by atoms with Crippen molar-refractivity contribution >= 4 is 23.8 Å². The fraction of sp³-hybridized carbons (Fsp3) is 0.333. The monoisotopic (exact) mass is 273 g/mol. The lowest BCUT2D eigenvalue weighted by Gasteiger charge is -2.14. The Morgan fingerprint density at radius 2 is 1.58 bits per heavy atom. The van der Waals surface area contributed by atoms with Crippen molar-refractivity contribution in [3.05, 3.63) is 48.0 Å². The zero-order valence-electron chi connectivity index (χ0n) is 10.5. The maximum atomic E-state index is 12.2. The molecule has 1 aliphatic carbocycles. The number of carbonyl (C=O) groups is 2. The molecule has 1 saturated heterocycles. The van der Waals surface area contributed by atoms with Gasteiger partial charge in [-0.25, -0.2) is 4.31 Å². The van der Waals surface area contributed by atoms with Crippen LogP contribution in [0.25, 0.3) is 0 Å². The van der Waals surface area contributed by atoms with Crippen LogP contribution in [0, 0.1) is 11.8 Å². The van der Waals surface area contributed by atoms with Gasteiger partial charge in [0.1, 0.15) is 0 Å². The summed E-state index contributed by atoms with van der Waals surface area (Å²) in [7, 11) is 0. The largest absolute Gasteiger partial charge is 0.273 e. The standard InChI is InChI=1S/C15H15NO2S/c17-14-12-8-4-5-9-13(12)15(18)16(14)19-10-11-6-2-1-3-7-11/h1-7,12-13H,8-10H2. The molecule has 0 bridgehead atoms. The van der Waals surface area contributed by atoms with Crippen molar-refractivity contribution < 1.29 is 9.59 Å². The predicted molar refractivity (Wildman–Crippen MR) is 74.9 cm³/mol. The van der Waals surface area contributed by atoms with E-state index in [9.17, 15) is 9.59 Å². The first-order chi connectivity index (χ1) is 9.27. The normalized spacial score (nSPS) is 25.8. The SMILES string of the molecule is O=C1C2CC=CCC2C(=O)N1SCc1ccccc1. The molecular formula is C15H15NO2S. The summed E-state index contributed by atoms with van der Waals surface area (Å²) in [5, 5.41) is 0. The van der Waals surface area contributed by atoms with E-state index < -0.39 is 0 Å². The molecule has 19 heavy (non-hydrogen) atoms. The smallest absolute Gasteiger partial charge is 0.243 e. The van der Waals surface area contributed by atoms with Crippen molar-refractivity contribution in [3.8, 4) is 0 Å². The lowest BCUT2D eigenvalue weighted by atomic mass is 9.85. The minimum atomic E-state index is -0.124. The summed E-state index contributed by atoms with van der Waals surface area (Å²) in [6, 6.07) is 9.90. The van der Waals surface area contributed by atoms with E-state index in [-0.39, 0.29) is 23.7 Å². The minimum Gasteiger partial charge on any atom is -0.273 e. The number of allylic oxidation sites excluding steroid dienone is 2. The molecule has 0 spiro atoms. The Morgan fingerprint density at radius 3 is 2.16 bits per heavy atom. The first kappa shape index (κ1) is 12.5. The average molecular weight is 273 g/mol. The molecule has 2 amide bonds. The zero-order chi connectivity index (χ0) is 13.2. The Labute approximate surface area is 116 Å². The van der Waals surface area contributed by atoms with Gasteiger partial charge in [0.15, 0.2) is 0 Å². The first-order valence-electron chi connectivity index (χ1n) is 6.47. The van der Waals surface area contributed by atoms with Crippen molar-refractivity contribution in [1.82, 2.24) is 4.31 Å². The van der Waals surface area contributed by atoms with E-state index in [1.807, 2.05) is 42.5 Å². The maximum Gasteiger partial charge on any atom is 0.243 e. The molecule has 98 valence electrons. The van der Waals surface area contributed by atoms with Gasteiger partial charge in [-0.2, -0.15) is 0 Å². The van der Waals surface area contributed by atoms with Crippen LogP contribution in [0.5, 0.6) is 0 Å². The molecule has 1 aromatic carbocycles. The zero-order valence-corrected chi connectivity index (χ0v) is 11.3. The summed E-state index contributed by atoms with van der Waals surface area (Å²) < 4.78 is 1.38. The van der Waals surface area contributed by atoms with Gasteiger partial charge in [0.05, 0.1) is 11.8 Å². The van der Waals surface area contributed by atoms with Crippen molar-refractivity contribution in [2.75, 3.05) is 0 Å². The highest BCUT2D eigenvalue weighted by atomic mass is 32.2. The van der Waals surface area contributed by atoms with Crippen molar-refractivity contribution in [1.29, 1.82) is 0 Å². The molecule has 4 heteroatoms. The molecule has 0 N–H and O–H groups in total. The number of rotatable bonds is 3. The molecule has 0 saturated carbocycles. The van der Waals surface area contributed by atoms with E-state index in [4.69, 9.17) is 0 Å². The molecule has 2 aliphatic rings. The van der Waals surface area contributed by atoms with Gasteiger partial charge in [-0.05, 0) is 30.4 Å². The van der Waals surface area contributed by atoms with Crippen LogP contribution in [0.3, 0.4) is 0 Å². The molecule has 2 unspecified atom stereocenters. The van der Waals surface area contributed by atoms with Crippen LogP contribution in [0.15, 0.2) is 42.5 Å². The first-order valence-corrected chi connectivity index (χ1v) is 7.41. The summed E-state index contributed by atoms with van der Waals surface area (Å²) in [4.78, 5) is 24.4. The highest BCUT2D eigenvalue weighted by Crippen LogP contribution is 2.38. The van der Waals surface area contributed by atoms with Gasteiger partial charge in [-0.3, -0.25) is 9.59 Å². The lowest BCUT2D eigenvalue weighted by molar-refractivity contribution is -0.133. The Morgan fingerprint density at radius 1 is 1.00 bits per heavy atom. The molecule has 3 nitrogen and oxygen atoms in total. The van der Waals surface area contributed by atoms with Gasteiger partial charge < -0.3 is 0 Å². The number of hydrogen-bond acceptors (Lipinski definition) is 3. The van der Waals surface area contributed by atoms with Crippen molar-refractivity contribution in [2.45, 2.75) is 18.6 Å². The summed E-state index contributed by atoms with van der Waals surface area (Å²) in [5.41, 5.74) is 1.13. The molecule has 1 aromatic rings. The van der Waals surface area contributed by atoms with E-state index in [0.717, 1.165) is 5.56 Å². The molecular weight excluding hydrogens is 258 g/mol. The maximum absolute atomic E-state index is 12.2. The topological polar surface area (TPSA) is 37.4 Å². The van der Waals surface area contributed by atoms with Crippen LogP contribution in [-0.2, 0) is 15.3 Å². The number of benzene rings is 1. The molecule has 2 atom stereocenters. The fourth-order valence-corrected chi connectivity index (χ4v) is 3.61. The Kier molecular flexibility index (Phi) is 3.42. The highest BCUT2D eigenvalue weighted by molar-refractivity contribution is 7.97. The van der Waals surface area contributed by atoms with Gasteiger partial charge in [0, 0.05) is 5.75 Å². The van der Waals surface area contributed by atoms with E-state index in [1.165, 1.54) is 16.3 Å². The number of amides is 2. The fourth-order valence-electron chi connectivity index (χ4n) is 2.61. The summed E-state index contributed by atoms with van der Waals surface area (Å²) >= 11 is 1.33. The van der Waals surface area contributed by atoms with Gasteiger partial charge in [-0.15, -0.1) is 0 Å². The molecule has 1 aliphatic heterocycles. The highest BCUT2D eigenvalue weighted by Gasteiger charge is 2.47. The quantitative estimate of drug-likeness (QED) is 0.483. The third kappa shape index (κ3) is 2.32. The Balaban J connectivity index is 1.69. The van der Waals surface area contributed by atoms with Gasteiger partial charge in [0.25, 0.3) is 0 Å². The van der Waals surface area contributed by atoms with Crippen LogP contribution >= 0.6 is 11.9 Å². The summed E-state index contributed by atoms with van der Waals surface area (Å²) in [5.74, 6) is 0.382. The molecule has 3 rings (SSSR count). The van der Waals surface area contributed by atoms with Crippen LogP contribution in [-0.4, -0.2) is 16.1 Å². The summed E-state index contributed by atoms with van der Waals surface area (Å²) in [6.45, 7) is 0. The van der Waals surface area contributed by atoms with Crippen LogP contribution in [0.4, 0.5) is 0 Å². The Bertz CT molecular complexity index is 500.